The van der Waals surface area contributed by atoms with Crippen molar-refractivity contribution >= 4 is 27.5 Å². The van der Waals surface area contributed by atoms with Gasteiger partial charge in [0, 0.05) is 23.7 Å². The summed E-state index contributed by atoms with van der Waals surface area (Å²) in [7, 11) is 0. The van der Waals surface area contributed by atoms with Crippen LogP contribution >= 0.6 is 27.5 Å². The normalized spacial score (nSPS) is 18.8. The number of nitrogens with one attached hydrogen (secondary N) is 1. The fourth-order valence-corrected chi connectivity index (χ4v) is 2.78. The fraction of sp³-hybridized carbons (Fsp3) is 0.538. The Labute approximate surface area is 121 Å². The molecule has 0 bridgehead atoms. The van der Waals surface area contributed by atoms with Crippen molar-refractivity contribution in [2.45, 2.75) is 25.3 Å². The van der Waals surface area contributed by atoms with E-state index in [2.05, 4.69) is 27.4 Å². The van der Waals surface area contributed by atoms with Crippen molar-refractivity contribution in [3.63, 3.8) is 0 Å². The zero-order valence-corrected chi connectivity index (χ0v) is 12.5. The third kappa shape index (κ3) is 3.68. The van der Waals surface area contributed by atoms with Crippen LogP contribution in [0.15, 0.2) is 22.7 Å². The lowest BCUT2D eigenvalue weighted by atomic mass is 9.90. The van der Waals surface area contributed by atoms with Crippen molar-refractivity contribution in [1.82, 2.24) is 5.43 Å². The first-order chi connectivity index (χ1) is 8.70. The zero-order chi connectivity index (χ0) is 13.0. The van der Waals surface area contributed by atoms with Crippen LogP contribution in [-0.4, -0.2) is 13.2 Å². The van der Waals surface area contributed by atoms with Crippen LogP contribution in [-0.2, 0) is 4.74 Å². The third-order valence-electron chi connectivity index (χ3n) is 3.46. The molecule has 0 aromatic heterocycles. The van der Waals surface area contributed by atoms with Gasteiger partial charge in [0.1, 0.15) is 0 Å². The van der Waals surface area contributed by atoms with Gasteiger partial charge in [0.25, 0.3) is 0 Å². The van der Waals surface area contributed by atoms with Crippen molar-refractivity contribution in [1.29, 1.82) is 0 Å². The Morgan fingerprint density at radius 3 is 2.78 bits per heavy atom. The maximum Gasteiger partial charge on any atom is 0.0551 e. The maximum atomic E-state index is 6.12. The van der Waals surface area contributed by atoms with E-state index in [0.29, 0.717) is 5.92 Å². The Balaban J connectivity index is 2.04. The molecule has 1 heterocycles. The van der Waals surface area contributed by atoms with E-state index >= 15 is 0 Å². The van der Waals surface area contributed by atoms with Gasteiger partial charge >= 0.3 is 0 Å². The minimum Gasteiger partial charge on any atom is -0.381 e. The van der Waals surface area contributed by atoms with Crippen LogP contribution in [0, 0.1) is 5.92 Å². The lowest BCUT2D eigenvalue weighted by Crippen LogP contribution is -2.31. The number of hydrogen-bond donors (Lipinski definition) is 2. The standard InChI is InChI=1S/C13H18BrClN2O/c14-11-2-1-10(8-12(11)15)13(17-16)7-9-3-5-18-6-4-9/h1-2,8-9,13,17H,3-7,16H2. The van der Waals surface area contributed by atoms with E-state index in [9.17, 15) is 0 Å². The highest BCUT2D eigenvalue weighted by atomic mass is 79.9. The molecule has 1 saturated heterocycles. The molecule has 1 aromatic rings. The Kier molecular flexibility index (Phi) is 5.45. The SMILES string of the molecule is NNC(CC1CCOCC1)c1ccc(Br)c(Cl)c1. The number of ether oxygens (including phenoxy) is 1. The smallest absolute Gasteiger partial charge is 0.0551 e. The van der Waals surface area contributed by atoms with E-state index in [1.807, 2.05) is 12.1 Å². The monoisotopic (exact) mass is 332 g/mol. The lowest BCUT2D eigenvalue weighted by Gasteiger charge is -2.26. The molecule has 18 heavy (non-hydrogen) atoms. The molecule has 1 atom stereocenters. The van der Waals surface area contributed by atoms with E-state index in [1.54, 1.807) is 0 Å². The summed E-state index contributed by atoms with van der Waals surface area (Å²) in [6.45, 7) is 1.73. The summed E-state index contributed by atoms with van der Waals surface area (Å²) < 4.78 is 6.29. The van der Waals surface area contributed by atoms with Crippen LogP contribution in [0.3, 0.4) is 0 Å². The molecular formula is C13H18BrClN2O. The van der Waals surface area contributed by atoms with Gasteiger partial charge in [0.15, 0.2) is 0 Å². The van der Waals surface area contributed by atoms with Gasteiger partial charge in [-0.1, -0.05) is 17.7 Å². The highest BCUT2D eigenvalue weighted by Crippen LogP contribution is 2.30. The van der Waals surface area contributed by atoms with Gasteiger partial charge in [-0.05, 0) is 58.8 Å². The quantitative estimate of drug-likeness (QED) is 0.655. The van der Waals surface area contributed by atoms with Crippen LogP contribution < -0.4 is 11.3 Å². The number of halogens is 2. The molecule has 5 heteroatoms. The van der Waals surface area contributed by atoms with Crippen molar-refractivity contribution in [3.8, 4) is 0 Å². The summed E-state index contributed by atoms with van der Waals surface area (Å²) in [6, 6.07) is 6.14. The average molecular weight is 334 g/mol. The van der Waals surface area contributed by atoms with Crippen LogP contribution in [0.4, 0.5) is 0 Å². The Morgan fingerprint density at radius 1 is 1.44 bits per heavy atom. The topological polar surface area (TPSA) is 47.3 Å². The predicted molar refractivity (Wildman–Crippen MR) is 77.4 cm³/mol. The highest BCUT2D eigenvalue weighted by molar-refractivity contribution is 9.10. The zero-order valence-electron chi connectivity index (χ0n) is 10.2. The first kappa shape index (κ1) is 14.3. The number of hydrazine groups is 1. The summed E-state index contributed by atoms with van der Waals surface area (Å²) >= 11 is 9.52. The van der Waals surface area contributed by atoms with Crippen molar-refractivity contribution in [3.05, 3.63) is 33.3 Å². The molecule has 100 valence electrons. The van der Waals surface area contributed by atoms with Gasteiger partial charge in [0.05, 0.1) is 5.02 Å². The minimum atomic E-state index is 0.152. The second-order valence-corrected chi connectivity index (χ2v) is 5.95. The first-order valence-electron chi connectivity index (χ1n) is 6.19. The molecule has 3 N–H and O–H groups in total. The molecule has 0 radical (unpaired) electrons. The molecule has 3 nitrogen and oxygen atoms in total. The molecule has 0 spiro atoms. The van der Waals surface area contributed by atoms with Gasteiger partial charge in [-0.2, -0.15) is 0 Å². The molecule has 2 rings (SSSR count). The fourth-order valence-electron chi connectivity index (χ4n) is 2.34. The van der Waals surface area contributed by atoms with E-state index < -0.39 is 0 Å². The van der Waals surface area contributed by atoms with Gasteiger partial charge in [0.2, 0.25) is 0 Å². The summed E-state index contributed by atoms with van der Waals surface area (Å²) in [5.41, 5.74) is 4.03. The largest absolute Gasteiger partial charge is 0.381 e. The van der Waals surface area contributed by atoms with Gasteiger partial charge in [-0.25, -0.2) is 0 Å². The number of benzene rings is 1. The van der Waals surface area contributed by atoms with E-state index in [4.69, 9.17) is 22.2 Å². The second-order valence-electron chi connectivity index (χ2n) is 4.68. The number of nitrogens with two attached hydrogens (primary N) is 1. The molecular weight excluding hydrogens is 316 g/mol. The van der Waals surface area contributed by atoms with Crippen LogP contribution in [0.25, 0.3) is 0 Å². The third-order valence-corrected chi connectivity index (χ3v) is 4.69. The second kappa shape index (κ2) is 6.87. The van der Waals surface area contributed by atoms with Gasteiger partial charge in [-0.3, -0.25) is 11.3 Å². The summed E-state index contributed by atoms with van der Waals surface area (Å²) in [6.07, 6.45) is 3.25. The van der Waals surface area contributed by atoms with E-state index in [0.717, 1.165) is 47.5 Å². The highest BCUT2D eigenvalue weighted by Gasteiger charge is 2.20. The van der Waals surface area contributed by atoms with Crippen molar-refractivity contribution in [2.24, 2.45) is 11.8 Å². The lowest BCUT2D eigenvalue weighted by molar-refractivity contribution is 0.0605. The van der Waals surface area contributed by atoms with Crippen molar-refractivity contribution < 1.29 is 4.74 Å². The van der Waals surface area contributed by atoms with Gasteiger partial charge < -0.3 is 4.74 Å². The molecule has 0 aliphatic carbocycles. The van der Waals surface area contributed by atoms with Crippen LogP contribution in [0.1, 0.15) is 30.9 Å². The molecule has 1 aromatic carbocycles. The molecule has 1 aliphatic rings. The molecule has 0 saturated carbocycles. The Bertz CT molecular complexity index is 397. The Morgan fingerprint density at radius 2 is 2.17 bits per heavy atom. The predicted octanol–water partition coefficient (Wildman–Crippen LogP) is 3.42. The molecule has 1 unspecified atom stereocenters. The molecule has 1 aliphatic heterocycles. The summed E-state index contributed by atoms with van der Waals surface area (Å²) in [5.74, 6) is 6.34. The molecule has 0 amide bonds. The minimum absolute atomic E-state index is 0.152. The van der Waals surface area contributed by atoms with Crippen LogP contribution in [0.5, 0.6) is 0 Å². The van der Waals surface area contributed by atoms with Gasteiger partial charge in [-0.15, -0.1) is 0 Å². The van der Waals surface area contributed by atoms with E-state index in [-0.39, 0.29) is 6.04 Å². The summed E-state index contributed by atoms with van der Waals surface area (Å²) in [4.78, 5) is 0. The Hall–Kier alpha value is -0.130. The molecule has 1 fully saturated rings. The van der Waals surface area contributed by atoms with E-state index in [1.165, 1.54) is 0 Å². The maximum absolute atomic E-state index is 6.12. The van der Waals surface area contributed by atoms with Crippen LogP contribution in [0.2, 0.25) is 5.02 Å². The first-order valence-corrected chi connectivity index (χ1v) is 7.36. The number of hydrogen-bond acceptors (Lipinski definition) is 3. The van der Waals surface area contributed by atoms with Crippen molar-refractivity contribution in [2.75, 3.05) is 13.2 Å². The average Bonchev–Trinajstić information content (AvgIpc) is 2.40. The summed E-state index contributed by atoms with van der Waals surface area (Å²) in [5, 5.41) is 0.722. The number of rotatable bonds is 4.